The lowest BCUT2D eigenvalue weighted by atomic mass is 10.1. The quantitative estimate of drug-likeness (QED) is 0.0363. The minimum atomic E-state index is -1.03. The van der Waals surface area contributed by atoms with Gasteiger partial charge in [-0.15, -0.1) is 0 Å². The Morgan fingerprint density at radius 2 is 1.41 bits per heavy atom. The molecule has 0 aliphatic carbocycles. The van der Waals surface area contributed by atoms with E-state index in [2.05, 4.69) is 11.9 Å². The molecule has 0 aromatic rings. The van der Waals surface area contributed by atoms with E-state index in [0.717, 1.165) is 43.5 Å². The number of carbonyl (C=O) groups excluding carboxylic acids is 4. The first-order valence-electron chi connectivity index (χ1n) is 13.6. The number of hydrazine groups is 1. The molecule has 0 rings (SSSR count). The van der Waals surface area contributed by atoms with Crippen LogP contribution in [-0.4, -0.2) is 87.8 Å². The Hall–Kier alpha value is -2.70. The Morgan fingerprint density at radius 3 is 2.03 bits per heavy atom. The van der Waals surface area contributed by atoms with Crippen LogP contribution in [0.25, 0.3) is 0 Å². The third-order valence-electron chi connectivity index (χ3n) is 5.55. The second kappa shape index (κ2) is 22.2. The SMILES string of the molecule is C=C(C)C(=O)OCCN(N)C(=O)CCCCCCOC(=O)C(C)(C)OCCCCCCOC(=O)NCCOC. The Kier molecular flexibility index (Phi) is 20.6. The molecule has 226 valence electrons. The molecule has 0 atom stereocenters. The fraction of sp³-hybridized carbons (Fsp3) is 0.778. The number of nitrogens with zero attached hydrogens (tertiary/aromatic N) is 1. The fourth-order valence-corrected chi connectivity index (χ4v) is 3.11. The zero-order chi connectivity index (χ0) is 29.5. The fourth-order valence-electron chi connectivity index (χ4n) is 3.11. The molecule has 0 spiro atoms. The van der Waals surface area contributed by atoms with Crippen molar-refractivity contribution in [1.82, 2.24) is 10.3 Å². The summed E-state index contributed by atoms with van der Waals surface area (Å²) in [5.74, 6) is 4.55. The summed E-state index contributed by atoms with van der Waals surface area (Å²) in [6.07, 6.45) is 6.13. The van der Waals surface area contributed by atoms with Crippen LogP contribution in [0.15, 0.2) is 12.2 Å². The number of carbonyl (C=O) groups is 4. The summed E-state index contributed by atoms with van der Waals surface area (Å²) < 4.78 is 25.9. The normalized spacial score (nSPS) is 11.0. The second-order valence-corrected chi connectivity index (χ2v) is 9.63. The van der Waals surface area contributed by atoms with Crippen LogP contribution in [0.1, 0.15) is 78.6 Å². The topological polar surface area (TPSA) is 156 Å². The highest BCUT2D eigenvalue weighted by Crippen LogP contribution is 2.14. The average Bonchev–Trinajstić information content (AvgIpc) is 2.89. The Morgan fingerprint density at radius 1 is 0.821 bits per heavy atom. The number of alkyl carbamates (subject to hydrolysis) is 1. The first-order chi connectivity index (χ1) is 18.5. The van der Waals surface area contributed by atoms with E-state index in [1.54, 1.807) is 27.9 Å². The van der Waals surface area contributed by atoms with Crippen LogP contribution in [0.5, 0.6) is 0 Å². The summed E-state index contributed by atoms with van der Waals surface area (Å²) in [5.41, 5.74) is -0.737. The van der Waals surface area contributed by atoms with Crippen molar-refractivity contribution in [2.45, 2.75) is 84.2 Å². The standard InChI is InChI=1S/C27H49N3O9/c1-22(2)24(32)36-21-16-30(28)23(31)14-10-6-7-11-17-37-25(33)27(3,4)39-19-13-9-8-12-18-38-26(34)29-15-20-35-5/h1,6-21,28H2,2-5H3,(H,29,34). The maximum Gasteiger partial charge on any atom is 0.407 e. The maximum absolute atomic E-state index is 12.3. The predicted molar refractivity (Wildman–Crippen MR) is 145 cm³/mol. The minimum absolute atomic E-state index is 0.0202. The molecule has 39 heavy (non-hydrogen) atoms. The van der Waals surface area contributed by atoms with Crippen molar-refractivity contribution in [2.24, 2.45) is 5.84 Å². The Bertz CT molecular complexity index is 744. The number of amides is 2. The molecular weight excluding hydrogens is 510 g/mol. The number of nitrogens with two attached hydrogens (primary N) is 1. The zero-order valence-electron chi connectivity index (χ0n) is 24.2. The summed E-state index contributed by atoms with van der Waals surface area (Å²) in [5, 5.41) is 3.64. The van der Waals surface area contributed by atoms with Crippen molar-refractivity contribution in [3.63, 3.8) is 0 Å². The molecule has 0 saturated carbocycles. The monoisotopic (exact) mass is 559 g/mol. The highest BCUT2D eigenvalue weighted by atomic mass is 16.6. The molecule has 0 saturated heterocycles. The summed E-state index contributed by atoms with van der Waals surface area (Å²) in [6.45, 7) is 10.5. The third-order valence-corrected chi connectivity index (χ3v) is 5.55. The molecule has 0 bridgehead atoms. The highest BCUT2D eigenvalue weighted by Gasteiger charge is 2.30. The number of methoxy groups -OCH3 is 1. The van der Waals surface area contributed by atoms with Gasteiger partial charge < -0.3 is 29.0 Å². The number of rotatable bonds is 23. The van der Waals surface area contributed by atoms with Gasteiger partial charge >= 0.3 is 18.0 Å². The molecule has 0 aliphatic rings. The van der Waals surface area contributed by atoms with Crippen molar-refractivity contribution in [3.8, 4) is 0 Å². The lowest BCUT2D eigenvalue weighted by Gasteiger charge is -2.23. The summed E-state index contributed by atoms with van der Waals surface area (Å²) in [4.78, 5) is 47.1. The van der Waals surface area contributed by atoms with Crippen LogP contribution in [0.4, 0.5) is 4.79 Å². The first-order valence-corrected chi connectivity index (χ1v) is 13.6. The van der Waals surface area contributed by atoms with Crippen LogP contribution in [0.2, 0.25) is 0 Å². The Balaban J connectivity index is 3.75. The van der Waals surface area contributed by atoms with Gasteiger partial charge in [0.2, 0.25) is 5.91 Å². The van der Waals surface area contributed by atoms with Gasteiger partial charge in [-0.1, -0.05) is 25.8 Å². The van der Waals surface area contributed by atoms with Crippen molar-refractivity contribution >= 4 is 23.9 Å². The number of hydrogen-bond donors (Lipinski definition) is 2. The summed E-state index contributed by atoms with van der Waals surface area (Å²) in [7, 11) is 1.56. The van der Waals surface area contributed by atoms with Gasteiger partial charge in [0.15, 0.2) is 5.60 Å². The van der Waals surface area contributed by atoms with Gasteiger partial charge in [-0.2, -0.15) is 0 Å². The van der Waals surface area contributed by atoms with Crippen molar-refractivity contribution < 1.29 is 42.9 Å². The molecule has 3 N–H and O–H groups in total. The zero-order valence-corrected chi connectivity index (χ0v) is 24.2. The third kappa shape index (κ3) is 19.9. The van der Waals surface area contributed by atoms with Gasteiger partial charge in [0.05, 0.1) is 26.4 Å². The lowest BCUT2D eigenvalue weighted by molar-refractivity contribution is -0.168. The molecule has 0 unspecified atom stereocenters. The number of nitrogens with one attached hydrogen (secondary N) is 1. The van der Waals surface area contributed by atoms with Gasteiger partial charge in [0.25, 0.3) is 0 Å². The van der Waals surface area contributed by atoms with Crippen LogP contribution in [-0.2, 0) is 38.1 Å². The van der Waals surface area contributed by atoms with E-state index in [1.807, 2.05) is 0 Å². The van der Waals surface area contributed by atoms with E-state index in [1.165, 1.54) is 0 Å². The maximum atomic E-state index is 12.3. The molecule has 0 fully saturated rings. The van der Waals surface area contributed by atoms with E-state index in [4.69, 9.17) is 29.5 Å². The predicted octanol–water partition coefficient (Wildman–Crippen LogP) is 3.03. The molecule has 0 aromatic heterocycles. The number of ether oxygens (including phenoxy) is 5. The Labute approximate surface area is 232 Å². The largest absolute Gasteiger partial charge is 0.464 e. The van der Waals surface area contributed by atoms with E-state index in [0.29, 0.717) is 51.2 Å². The van der Waals surface area contributed by atoms with Gasteiger partial charge in [0.1, 0.15) is 6.61 Å². The number of esters is 2. The average molecular weight is 560 g/mol. The molecule has 12 nitrogen and oxygen atoms in total. The molecule has 0 aromatic carbocycles. The number of unbranched alkanes of at least 4 members (excludes halogenated alkanes) is 6. The van der Waals surface area contributed by atoms with Gasteiger partial charge in [0, 0.05) is 32.3 Å². The van der Waals surface area contributed by atoms with Crippen LogP contribution in [0.3, 0.4) is 0 Å². The van der Waals surface area contributed by atoms with Crippen LogP contribution < -0.4 is 11.2 Å². The summed E-state index contributed by atoms with van der Waals surface area (Å²) in [6, 6.07) is 0. The van der Waals surface area contributed by atoms with E-state index in [9.17, 15) is 19.2 Å². The minimum Gasteiger partial charge on any atom is -0.464 e. The molecule has 2 amide bonds. The van der Waals surface area contributed by atoms with Crippen molar-refractivity contribution in [2.75, 3.05) is 53.2 Å². The summed E-state index contributed by atoms with van der Waals surface area (Å²) >= 11 is 0. The van der Waals surface area contributed by atoms with E-state index >= 15 is 0 Å². The first kappa shape index (κ1) is 36.3. The molecule has 0 radical (unpaired) electrons. The smallest absolute Gasteiger partial charge is 0.407 e. The van der Waals surface area contributed by atoms with Gasteiger partial charge in [-0.3, -0.25) is 9.80 Å². The number of hydrogen-bond acceptors (Lipinski definition) is 10. The van der Waals surface area contributed by atoms with Crippen LogP contribution in [0, 0.1) is 0 Å². The van der Waals surface area contributed by atoms with Crippen LogP contribution >= 0.6 is 0 Å². The molecule has 0 heterocycles. The second-order valence-electron chi connectivity index (χ2n) is 9.63. The van der Waals surface area contributed by atoms with E-state index < -0.39 is 23.6 Å². The van der Waals surface area contributed by atoms with Gasteiger partial charge in [-0.05, 0) is 52.9 Å². The molecule has 12 heteroatoms. The van der Waals surface area contributed by atoms with Gasteiger partial charge in [-0.25, -0.2) is 20.2 Å². The lowest BCUT2D eigenvalue weighted by Crippen LogP contribution is -2.40. The molecule has 0 aliphatic heterocycles. The highest BCUT2D eigenvalue weighted by molar-refractivity contribution is 5.86. The molecular formula is C27H49N3O9. The van der Waals surface area contributed by atoms with Crippen molar-refractivity contribution in [1.29, 1.82) is 0 Å². The van der Waals surface area contributed by atoms with Crippen molar-refractivity contribution in [3.05, 3.63) is 12.2 Å². The van der Waals surface area contributed by atoms with E-state index in [-0.39, 0.29) is 25.7 Å².